The molecule has 4 nitrogen and oxygen atoms in total. The van der Waals surface area contributed by atoms with Gasteiger partial charge in [-0.1, -0.05) is 38.5 Å². The molecule has 1 amide bonds. The van der Waals surface area contributed by atoms with Crippen LogP contribution >= 0.6 is 0 Å². The lowest BCUT2D eigenvalue weighted by atomic mass is 10.0. The van der Waals surface area contributed by atoms with Crippen molar-refractivity contribution in [2.45, 2.75) is 39.5 Å². The lowest BCUT2D eigenvalue weighted by Gasteiger charge is -2.24. The van der Waals surface area contributed by atoms with Gasteiger partial charge in [-0.05, 0) is 31.4 Å². The maximum absolute atomic E-state index is 12.5. The summed E-state index contributed by atoms with van der Waals surface area (Å²) in [5, 5.41) is 9.11. The van der Waals surface area contributed by atoms with E-state index in [9.17, 15) is 9.59 Å². The average Bonchev–Trinajstić information content (AvgIpc) is 2.50. The lowest BCUT2D eigenvalue weighted by molar-refractivity contribution is -0.142. The van der Waals surface area contributed by atoms with E-state index in [1.165, 1.54) is 0 Å². The largest absolute Gasteiger partial charge is 0.481 e. The van der Waals surface area contributed by atoms with Crippen molar-refractivity contribution in [3.8, 4) is 0 Å². The van der Waals surface area contributed by atoms with Gasteiger partial charge >= 0.3 is 5.97 Å². The van der Waals surface area contributed by atoms with Gasteiger partial charge in [-0.3, -0.25) is 9.59 Å². The molecule has 1 unspecified atom stereocenters. The van der Waals surface area contributed by atoms with E-state index in [1.54, 1.807) is 17.0 Å². The third kappa shape index (κ3) is 5.58. The van der Waals surface area contributed by atoms with Gasteiger partial charge in [0.2, 0.25) is 0 Å². The molecule has 1 N–H and O–H groups in total. The number of hydrogen-bond donors (Lipinski definition) is 1. The minimum Gasteiger partial charge on any atom is -0.481 e. The molecular formula is C17H25NO3. The van der Waals surface area contributed by atoms with Crippen LogP contribution in [0.25, 0.3) is 0 Å². The van der Waals surface area contributed by atoms with Gasteiger partial charge in [0.15, 0.2) is 0 Å². The predicted molar refractivity (Wildman–Crippen MR) is 83.3 cm³/mol. The first-order valence-electron chi connectivity index (χ1n) is 7.67. The van der Waals surface area contributed by atoms with E-state index < -0.39 is 5.97 Å². The van der Waals surface area contributed by atoms with Crippen LogP contribution in [-0.4, -0.2) is 35.0 Å². The minimum absolute atomic E-state index is 0.00991. The van der Waals surface area contributed by atoms with Gasteiger partial charge < -0.3 is 10.0 Å². The molecule has 0 aliphatic heterocycles. The monoisotopic (exact) mass is 291 g/mol. The topological polar surface area (TPSA) is 57.6 Å². The number of rotatable bonds is 9. The Balaban J connectivity index is 2.71. The number of carboxylic acids is 1. The summed E-state index contributed by atoms with van der Waals surface area (Å²) in [5.41, 5.74) is 0.664. The van der Waals surface area contributed by atoms with Crippen LogP contribution in [0.4, 0.5) is 0 Å². The van der Waals surface area contributed by atoms with E-state index in [-0.39, 0.29) is 11.8 Å². The molecule has 1 aromatic carbocycles. The Kier molecular flexibility index (Phi) is 7.51. The van der Waals surface area contributed by atoms with Crippen LogP contribution in [0, 0.1) is 5.92 Å². The van der Waals surface area contributed by atoms with Crippen molar-refractivity contribution in [2.75, 3.05) is 13.1 Å². The highest BCUT2D eigenvalue weighted by atomic mass is 16.4. The van der Waals surface area contributed by atoms with Gasteiger partial charge in [0.25, 0.3) is 5.91 Å². The summed E-state index contributed by atoms with van der Waals surface area (Å²) < 4.78 is 0. The highest BCUT2D eigenvalue weighted by molar-refractivity contribution is 5.94. The van der Waals surface area contributed by atoms with Crippen LogP contribution in [0.1, 0.15) is 49.9 Å². The average molecular weight is 291 g/mol. The maximum Gasteiger partial charge on any atom is 0.306 e. The Morgan fingerprint density at radius 1 is 1.14 bits per heavy atom. The van der Waals surface area contributed by atoms with Gasteiger partial charge in [0, 0.05) is 18.7 Å². The third-order valence-electron chi connectivity index (χ3n) is 3.68. The van der Waals surface area contributed by atoms with E-state index in [0.717, 1.165) is 12.8 Å². The van der Waals surface area contributed by atoms with Gasteiger partial charge in [0.05, 0.1) is 5.92 Å². The molecule has 21 heavy (non-hydrogen) atoms. The van der Waals surface area contributed by atoms with Gasteiger partial charge in [-0.2, -0.15) is 0 Å². The van der Waals surface area contributed by atoms with E-state index in [1.807, 2.05) is 25.1 Å². The predicted octanol–water partition coefficient (Wildman–Crippen LogP) is 3.43. The highest BCUT2D eigenvalue weighted by Gasteiger charge is 2.20. The number of benzene rings is 1. The zero-order chi connectivity index (χ0) is 15.7. The molecule has 0 fully saturated rings. The number of carbonyl (C=O) groups is 2. The van der Waals surface area contributed by atoms with Crippen molar-refractivity contribution in [3.63, 3.8) is 0 Å². The zero-order valence-electron chi connectivity index (χ0n) is 12.9. The normalized spacial score (nSPS) is 11.9. The Labute approximate surface area is 126 Å². The molecule has 0 radical (unpaired) electrons. The lowest BCUT2D eigenvalue weighted by Crippen LogP contribution is -2.34. The Bertz CT molecular complexity index is 445. The summed E-state index contributed by atoms with van der Waals surface area (Å²) in [6.07, 6.45) is 3.04. The standard InChI is InChI=1S/C17H25NO3/c1-3-5-12-18(13-11-14(4-2)17(20)21)16(19)15-9-7-6-8-10-15/h6-10,14H,3-5,11-13H2,1-2H3,(H,20,21). The van der Waals surface area contributed by atoms with Crippen LogP contribution in [0.15, 0.2) is 30.3 Å². The second kappa shape index (κ2) is 9.16. The van der Waals surface area contributed by atoms with Gasteiger partial charge in [-0.25, -0.2) is 0 Å². The van der Waals surface area contributed by atoms with E-state index in [2.05, 4.69) is 6.92 Å². The maximum atomic E-state index is 12.5. The van der Waals surface area contributed by atoms with Crippen LogP contribution < -0.4 is 0 Å². The van der Waals surface area contributed by atoms with Crippen LogP contribution in [0.3, 0.4) is 0 Å². The molecule has 1 atom stereocenters. The van der Waals surface area contributed by atoms with Crippen molar-refractivity contribution < 1.29 is 14.7 Å². The van der Waals surface area contributed by atoms with Gasteiger partial charge in [-0.15, -0.1) is 0 Å². The molecule has 1 aromatic rings. The molecule has 4 heteroatoms. The van der Waals surface area contributed by atoms with Crippen LogP contribution in [0.5, 0.6) is 0 Å². The minimum atomic E-state index is -0.778. The Morgan fingerprint density at radius 2 is 1.81 bits per heavy atom. The molecule has 0 aliphatic rings. The molecule has 0 spiro atoms. The number of amides is 1. The molecular weight excluding hydrogens is 266 g/mol. The Morgan fingerprint density at radius 3 is 2.33 bits per heavy atom. The fourth-order valence-corrected chi connectivity index (χ4v) is 2.24. The summed E-state index contributed by atoms with van der Waals surface area (Å²) in [6.45, 7) is 5.13. The summed E-state index contributed by atoms with van der Waals surface area (Å²) in [5.74, 6) is -1.16. The summed E-state index contributed by atoms with van der Waals surface area (Å²) in [6, 6.07) is 9.17. The van der Waals surface area contributed by atoms with Crippen molar-refractivity contribution >= 4 is 11.9 Å². The number of unbranched alkanes of at least 4 members (excludes halogenated alkanes) is 1. The number of hydrogen-bond acceptors (Lipinski definition) is 2. The number of carboxylic acid groups (broad SMARTS) is 1. The number of carbonyl (C=O) groups excluding carboxylic acids is 1. The van der Waals surface area contributed by atoms with Crippen molar-refractivity contribution in [2.24, 2.45) is 5.92 Å². The summed E-state index contributed by atoms with van der Waals surface area (Å²) in [7, 11) is 0. The quantitative estimate of drug-likeness (QED) is 0.758. The molecule has 0 aliphatic carbocycles. The van der Waals surface area contributed by atoms with Crippen molar-refractivity contribution in [1.29, 1.82) is 0 Å². The fraction of sp³-hybridized carbons (Fsp3) is 0.529. The van der Waals surface area contributed by atoms with Crippen molar-refractivity contribution in [1.82, 2.24) is 4.90 Å². The molecule has 116 valence electrons. The fourth-order valence-electron chi connectivity index (χ4n) is 2.24. The van der Waals surface area contributed by atoms with E-state index >= 15 is 0 Å². The van der Waals surface area contributed by atoms with E-state index in [4.69, 9.17) is 5.11 Å². The SMILES string of the molecule is CCCCN(CCC(CC)C(=O)O)C(=O)c1ccccc1. The number of nitrogens with zero attached hydrogens (tertiary/aromatic N) is 1. The van der Waals surface area contributed by atoms with E-state index in [0.29, 0.717) is 31.5 Å². The first-order valence-corrected chi connectivity index (χ1v) is 7.67. The summed E-state index contributed by atoms with van der Waals surface area (Å²) in [4.78, 5) is 25.4. The molecule has 0 bridgehead atoms. The molecule has 1 rings (SSSR count). The third-order valence-corrected chi connectivity index (χ3v) is 3.68. The molecule has 0 aromatic heterocycles. The van der Waals surface area contributed by atoms with Crippen LogP contribution in [-0.2, 0) is 4.79 Å². The first kappa shape index (κ1) is 17.2. The number of aliphatic carboxylic acids is 1. The zero-order valence-corrected chi connectivity index (χ0v) is 12.9. The second-order valence-electron chi connectivity index (χ2n) is 5.24. The van der Waals surface area contributed by atoms with Crippen LogP contribution in [0.2, 0.25) is 0 Å². The first-order chi connectivity index (χ1) is 10.1. The second-order valence-corrected chi connectivity index (χ2v) is 5.24. The molecule has 0 saturated carbocycles. The molecule has 0 saturated heterocycles. The van der Waals surface area contributed by atoms with Gasteiger partial charge in [0.1, 0.15) is 0 Å². The van der Waals surface area contributed by atoms with Crippen molar-refractivity contribution in [3.05, 3.63) is 35.9 Å². The summed E-state index contributed by atoms with van der Waals surface area (Å²) >= 11 is 0. The molecule has 0 heterocycles. The highest BCUT2D eigenvalue weighted by Crippen LogP contribution is 2.13. The Hall–Kier alpha value is -1.84. The smallest absolute Gasteiger partial charge is 0.306 e.